The Morgan fingerprint density at radius 3 is 2.17 bits per heavy atom. The van der Waals surface area contributed by atoms with Crippen molar-refractivity contribution in [2.75, 3.05) is 0 Å². The maximum absolute atomic E-state index is 10.2. The summed E-state index contributed by atoms with van der Waals surface area (Å²) in [6.07, 6.45) is 0.861. The molecule has 60 valence electrons. The molecule has 3 nitrogen and oxygen atoms in total. The number of carbonyl (C=O) groups is 2. The third-order valence-corrected chi connectivity index (χ3v) is 1.26. The Labute approximate surface area is 69.7 Å². The molecule has 0 unspecified atom stereocenters. The first-order valence-corrected chi connectivity index (χ1v) is 3.41. The SMILES string of the molecule is O=CC(C=O)=Nc1ccccc1. The molecule has 0 radical (unpaired) electrons. The molecule has 12 heavy (non-hydrogen) atoms. The quantitative estimate of drug-likeness (QED) is 0.379. The summed E-state index contributed by atoms with van der Waals surface area (Å²) in [6, 6.07) is 8.83. The van der Waals surface area contributed by atoms with Gasteiger partial charge in [-0.2, -0.15) is 0 Å². The highest BCUT2D eigenvalue weighted by molar-refractivity contribution is 6.53. The molecule has 0 spiro atoms. The van der Waals surface area contributed by atoms with Gasteiger partial charge in [-0.15, -0.1) is 0 Å². The van der Waals surface area contributed by atoms with E-state index < -0.39 is 0 Å². The van der Waals surface area contributed by atoms with Crippen LogP contribution in [0, 0.1) is 0 Å². The number of nitrogens with zero attached hydrogens (tertiary/aromatic N) is 1. The fraction of sp³-hybridized carbons (Fsp3) is 0. The molecule has 0 amide bonds. The van der Waals surface area contributed by atoms with E-state index in [0.29, 0.717) is 18.3 Å². The van der Waals surface area contributed by atoms with Gasteiger partial charge in [0.2, 0.25) is 0 Å². The van der Waals surface area contributed by atoms with E-state index in [1.54, 1.807) is 24.3 Å². The molecule has 3 heteroatoms. The van der Waals surface area contributed by atoms with Crippen LogP contribution in [0.25, 0.3) is 0 Å². The zero-order valence-corrected chi connectivity index (χ0v) is 6.31. The molecule has 0 heterocycles. The Hall–Kier alpha value is -1.77. The predicted molar refractivity (Wildman–Crippen MR) is 45.7 cm³/mol. The molecule has 1 aromatic carbocycles. The summed E-state index contributed by atoms with van der Waals surface area (Å²) in [5.74, 6) is 0. The van der Waals surface area contributed by atoms with Gasteiger partial charge in [0, 0.05) is 0 Å². The van der Waals surface area contributed by atoms with Crippen molar-refractivity contribution in [3.8, 4) is 0 Å². The number of para-hydroxylation sites is 1. The highest BCUT2D eigenvalue weighted by atomic mass is 16.1. The maximum atomic E-state index is 10.2. The van der Waals surface area contributed by atoms with Gasteiger partial charge in [-0.25, -0.2) is 4.99 Å². The average Bonchev–Trinajstić information content (AvgIpc) is 2.16. The molecule has 0 fully saturated rings. The zero-order chi connectivity index (χ0) is 8.81. The van der Waals surface area contributed by atoms with Crippen LogP contribution in [0.5, 0.6) is 0 Å². The van der Waals surface area contributed by atoms with Crippen LogP contribution < -0.4 is 0 Å². The van der Waals surface area contributed by atoms with Crippen molar-refractivity contribution < 1.29 is 9.59 Å². The van der Waals surface area contributed by atoms with Gasteiger partial charge in [0.25, 0.3) is 0 Å². The van der Waals surface area contributed by atoms with Crippen LogP contribution in [-0.2, 0) is 9.59 Å². The molecule has 0 N–H and O–H groups in total. The standard InChI is InChI=1S/C9H7NO2/c11-6-9(7-12)10-8-4-2-1-3-5-8/h1-7H. The van der Waals surface area contributed by atoms with Gasteiger partial charge in [0.15, 0.2) is 12.6 Å². The van der Waals surface area contributed by atoms with Crippen LogP contribution in [0.2, 0.25) is 0 Å². The van der Waals surface area contributed by atoms with Gasteiger partial charge < -0.3 is 0 Å². The van der Waals surface area contributed by atoms with E-state index in [1.807, 2.05) is 6.07 Å². The molecule has 0 saturated carbocycles. The van der Waals surface area contributed by atoms with E-state index in [-0.39, 0.29) is 5.71 Å². The van der Waals surface area contributed by atoms with Gasteiger partial charge in [0.05, 0.1) is 5.69 Å². The zero-order valence-electron chi connectivity index (χ0n) is 6.31. The van der Waals surface area contributed by atoms with Crippen molar-refractivity contribution >= 4 is 24.0 Å². The van der Waals surface area contributed by atoms with Crippen LogP contribution in [0.3, 0.4) is 0 Å². The molecule has 0 aliphatic heterocycles. The molecular weight excluding hydrogens is 154 g/mol. The minimum atomic E-state index is -0.0961. The molecular formula is C9H7NO2. The number of hydrogen-bond acceptors (Lipinski definition) is 3. The lowest BCUT2D eigenvalue weighted by Crippen LogP contribution is -1.99. The van der Waals surface area contributed by atoms with Crippen molar-refractivity contribution in [1.29, 1.82) is 0 Å². The van der Waals surface area contributed by atoms with E-state index >= 15 is 0 Å². The van der Waals surface area contributed by atoms with Crippen molar-refractivity contribution in [3.05, 3.63) is 30.3 Å². The summed E-state index contributed by atoms with van der Waals surface area (Å²) in [5.41, 5.74) is 0.507. The molecule has 1 rings (SSSR count). The van der Waals surface area contributed by atoms with E-state index in [2.05, 4.69) is 4.99 Å². The van der Waals surface area contributed by atoms with E-state index in [4.69, 9.17) is 0 Å². The highest BCUT2D eigenvalue weighted by Gasteiger charge is 1.92. The van der Waals surface area contributed by atoms with Crippen molar-refractivity contribution in [2.45, 2.75) is 0 Å². The van der Waals surface area contributed by atoms with Crippen molar-refractivity contribution in [3.63, 3.8) is 0 Å². The Bertz CT molecular complexity index is 294. The van der Waals surface area contributed by atoms with Crippen molar-refractivity contribution in [2.24, 2.45) is 4.99 Å². The van der Waals surface area contributed by atoms with E-state index in [9.17, 15) is 9.59 Å². The molecule has 0 bridgehead atoms. The number of rotatable bonds is 3. The lowest BCUT2D eigenvalue weighted by molar-refractivity contribution is -0.105. The molecule has 0 atom stereocenters. The first kappa shape index (κ1) is 8.33. The fourth-order valence-corrected chi connectivity index (χ4v) is 0.732. The molecule has 1 aromatic rings. The second kappa shape index (κ2) is 4.18. The second-order valence-electron chi connectivity index (χ2n) is 2.11. The molecule has 0 saturated heterocycles. The van der Waals surface area contributed by atoms with Gasteiger partial charge >= 0.3 is 0 Å². The summed E-state index contributed by atoms with van der Waals surface area (Å²) < 4.78 is 0. The molecule has 0 aliphatic carbocycles. The maximum Gasteiger partial charge on any atom is 0.171 e. The third kappa shape index (κ3) is 2.12. The first-order chi connectivity index (χ1) is 5.86. The van der Waals surface area contributed by atoms with Crippen LogP contribution in [-0.4, -0.2) is 18.3 Å². The molecule has 0 aromatic heterocycles. The first-order valence-electron chi connectivity index (χ1n) is 3.41. The number of hydrogen-bond donors (Lipinski definition) is 0. The average molecular weight is 161 g/mol. The topological polar surface area (TPSA) is 46.5 Å². The summed E-state index contributed by atoms with van der Waals surface area (Å²) >= 11 is 0. The van der Waals surface area contributed by atoms with Crippen LogP contribution in [0.4, 0.5) is 5.69 Å². The van der Waals surface area contributed by atoms with Gasteiger partial charge in [-0.05, 0) is 12.1 Å². The summed E-state index contributed by atoms with van der Waals surface area (Å²) in [6.45, 7) is 0. The lowest BCUT2D eigenvalue weighted by Gasteiger charge is -1.90. The summed E-state index contributed by atoms with van der Waals surface area (Å²) in [5, 5.41) is 0. The largest absolute Gasteiger partial charge is 0.296 e. The third-order valence-electron chi connectivity index (χ3n) is 1.26. The van der Waals surface area contributed by atoms with Gasteiger partial charge in [0.1, 0.15) is 5.71 Å². The second-order valence-corrected chi connectivity index (χ2v) is 2.11. The van der Waals surface area contributed by atoms with Gasteiger partial charge in [-0.3, -0.25) is 9.59 Å². The Kier molecular flexibility index (Phi) is 2.90. The lowest BCUT2D eigenvalue weighted by atomic mass is 10.3. The van der Waals surface area contributed by atoms with E-state index in [0.717, 1.165) is 0 Å². The van der Waals surface area contributed by atoms with Crippen LogP contribution in [0.1, 0.15) is 0 Å². The highest BCUT2D eigenvalue weighted by Crippen LogP contribution is 2.08. The molecule has 0 aliphatic rings. The smallest absolute Gasteiger partial charge is 0.171 e. The fourth-order valence-electron chi connectivity index (χ4n) is 0.732. The summed E-state index contributed by atoms with van der Waals surface area (Å²) in [4.78, 5) is 24.1. The minimum absolute atomic E-state index is 0.0961. The number of aliphatic imine (C=N–C) groups is 1. The number of benzene rings is 1. The van der Waals surface area contributed by atoms with Crippen LogP contribution >= 0.6 is 0 Å². The van der Waals surface area contributed by atoms with Crippen LogP contribution in [0.15, 0.2) is 35.3 Å². The predicted octanol–water partition coefficient (Wildman–Crippen LogP) is 1.16. The van der Waals surface area contributed by atoms with Gasteiger partial charge in [-0.1, -0.05) is 18.2 Å². The summed E-state index contributed by atoms with van der Waals surface area (Å²) in [7, 11) is 0. The van der Waals surface area contributed by atoms with E-state index in [1.165, 1.54) is 0 Å². The number of aldehydes is 2. The monoisotopic (exact) mass is 161 g/mol. The minimum Gasteiger partial charge on any atom is -0.296 e. The normalized spacial score (nSPS) is 8.67. The Morgan fingerprint density at radius 2 is 1.67 bits per heavy atom. The number of carbonyl (C=O) groups excluding carboxylic acids is 2. The van der Waals surface area contributed by atoms with Crippen molar-refractivity contribution in [1.82, 2.24) is 0 Å². The Morgan fingerprint density at radius 1 is 1.08 bits per heavy atom. The Balaban J connectivity index is 2.93.